The molecule has 2 fully saturated rings. The van der Waals surface area contributed by atoms with Crippen LogP contribution in [-0.4, -0.2) is 81.0 Å². The molecule has 3 rings (SSSR count). The van der Waals surface area contributed by atoms with Crippen molar-refractivity contribution in [3.05, 3.63) is 33.1 Å². The second-order valence-corrected chi connectivity index (χ2v) is 5.51. The normalized spacial score (nSPS) is 35.5. The summed E-state index contributed by atoms with van der Waals surface area (Å²) in [6.45, 7) is 0.870. The average Bonchev–Trinajstić information content (AvgIpc) is 2.81. The first-order valence-electron chi connectivity index (χ1n) is 7.31. The molecular weight excluding hydrogens is 310 g/mol. The number of H-pyrrole nitrogens is 1. The molecule has 3 heterocycles. The topological polar surface area (TPSA) is 137 Å². The molecule has 2 saturated heterocycles. The Bertz CT molecular complexity index is 668. The lowest BCUT2D eigenvalue weighted by Crippen LogP contribution is -2.64. The van der Waals surface area contributed by atoms with Gasteiger partial charge in [0.15, 0.2) is 0 Å². The first-order chi connectivity index (χ1) is 11.0. The highest BCUT2D eigenvalue weighted by Crippen LogP contribution is 2.38. The van der Waals surface area contributed by atoms with Crippen LogP contribution in [0.2, 0.25) is 0 Å². The van der Waals surface area contributed by atoms with Gasteiger partial charge in [0.1, 0.15) is 18.3 Å². The van der Waals surface area contributed by atoms with Crippen LogP contribution in [-0.2, 0) is 15.3 Å². The van der Waals surface area contributed by atoms with E-state index in [0.29, 0.717) is 26.3 Å². The third-order valence-electron chi connectivity index (χ3n) is 4.23. The molecule has 10 nitrogen and oxygen atoms in total. The summed E-state index contributed by atoms with van der Waals surface area (Å²) in [7, 11) is 0. The monoisotopic (exact) mass is 329 g/mol. The number of nitrogens with zero attached hydrogens (tertiary/aromatic N) is 2. The lowest BCUT2D eigenvalue weighted by Gasteiger charge is -2.44. The van der Waals surface area contributed by atoms with E-state index in [1.165, 1.54) is 6.20 Å². The Morgan fingerprint density at radius 1 is 1.30 bits per heavy atom. The van der Waals surface area contributed by atoms with Gasteiger partial charge >= 0.3 is 5.69 Å². The molecule has 1 aromatic heterocycles. The van der Waals surface area contributed by atoms with E-state index in [0.717, 1.165) is 10.6 Å². The van der Waals surface area contributed by atoms with Gasteiger partial charge in [-0.15, -0.1) is 0 Å². The third-order valence-corrected chi connectivity index (χ3v) is 4.23. The van der Waals surface area contributed by atoms with Crippen molar-refractivity contribution in [3.8, 4) is 0 Å². The van der Waals surface area contributed by atoms with Gasteiger partial charge in [0, 0.05) is 25.4 Å². The van der Waals surface area contributed by atoms with Crippen molar-refractivity contribution in [2.45, 2.75) is 24.2 Å². The van der Waals surface area contributed by atoms with Crippen LogP contribution in [0.4, 0.5) is 0 Å². The predicted octanol–water partition coefficient (Wildman–Crippen LogP) is -3.41. The van der Waals surface area contributed by atoms with Crippen molar-refractivity contribution in [1.29, 1.82) is 0 Å². The molecule has 2 aliphatic heterocycles. The Kier molecular flexibility index (Phi) is 4.36. The Morgan fingerprint density at radius 3 is 2.57 bits per heavy atom. The molecule has 2 aliphatic rings. The van der Waals surface area contributed by atoms with Crippen molar-refractivity contribution in [1.82, 2.24) is 14.5 Å². The summed E-state index contributed by atoms with van der Waals surface area (Å²) in [5, 5.41) is 30.1. The smallest absolute Gasteiger partial charge is 0.331 e. The Balaban J connectivity index is 2.14. The van der Waals surface area contributed by atoms with Crippen molar-refractivity contribution in [2.75, 3.05) is 32.9 Å². The van der Waals surface area contributed by atoms with E-state index < -0.39 is 42.0 Å². The molecule has 10 heteroatoms. The number of aliphatic hydroxyl groups excluding tert-OH is 3. The molecule has 0 unspecified atom stereocenters. The molecule has 4 atom stereocenters. The zero-order valence-electron chi connectivity index (χ0n) is 12.3. The number of hydrogen-bond donors (Lipinski definition) is 4. The molecule has 0 saturated carbocycles. The van der Waals surface area contributed by atoms with Gasteiger partial charge < -0.3 is 24.8 Å². The third kappa shape index (κ3) is 2.53. The van der Waals surface area contributed by atoms with E-state index in [1.54, 1.807) is 4.90 Å². The molecule has 23 heavy (non-hydrogen) atoms. The van der Waals surface area contributed by atoms with Crippen molar-refractivity contribution in [2.24, 2.45) is 0 Å². The molecule has 0 aliphatic carbocycles. The number of hydrogen-bond acceptors (Lipinski definition) is 8. The first kappa shape index (κ1) is 16.3. The molecule has 0 bridgehead atoms. The highest BCUT2D eigenvalue weighted by atomic mass is 16.6. The maximum absolute atomic E-state index is 12.2. The molecule has 0 spiro atoms. The summed E-state index contributed by atoms with van der Waals surface area (Å²) in [5.41, 5.74) is -1.37. The summed E-state index contributed by atoms with van der Waals surface area (Å²) >= 11 is 0. The van der Waals surface area contributed by atoms with Gasteiger partial charge in [-0.05, 0) is 0 Å². The van der Waals surface area contributed by atoms with E-state index in [2.05, 4.69) is 4.98 Å². The standard InChI is InChI=1S/C13H19N3O7/c17-7-8-10(19)11(20)13(23-8,15-3-5-22-6-4-15)16-2-1-9(18)14-12(16)21/h1-2,8,10-11,17,19-20H,3-7H2,(H,14,18,21)/t8-,10-,11-,13+/m1/s1. The second kappa shape index (κ2) is 6.15. The minimum atomic E-state index is -1.72. The fourth-order valence-electron chi connectivity index (χ4n) is 3.10. The number of rotatable bonds is 3. The average molecular weight is 329 g/mol. The van der Waals surface area contributed by atoms with Crippen LogP contribution in [0.5, 0.6) is 0 Å². The van der Waals surface area contributed by atoms with Crippen LogP contribution in [0.15, 0.2) is 21.9 Å². The van der Waals surface area contributed by atoms with Gasteiger partial charge in [-0.1, -0.05) is 0 Å². The molecule has 1 aromatic rings. The lowest BCUT2D eigenvalue weighted by atomic mass is 10.1. The fourth-order valence-corrected chi connectivity index (χ4v) is 3.10. The molecule has 0 radical (unpaired) electrons. The number of ether oxygens (including phenoxy) is 2. The SMILES string of the molecule is O=c1ccn([C@]2(N3CCOCC3)O[C@H](CO)[C@@H](O)[C@H]2O)c(=O)[nH]1. The highest BCUT2D eigenvalue weighted by Gasteiger charge is 2.59. The fraction of sp³-hybridized carbons (Fsp3) is 0.692. The number of morpholine rings is 1. The zero-order chi connectivity index (χ0) is 16.6. The minimum Gasteiger partial charge on any atom is -0.394 e. The first-order valence-corrected chi connectivity index (χ1v) is 7.31. The summed E-state index contributed by atoms with van der Waals surface area (Å²) in [5.74, 6) is -1.72. The van der Waals surface area contributed by atoms with E-state index in [-0.39, 0.29) is 0 Å². The molecule has 0 amide bonds. The highest BCUT2D eigenvalue weighted by molar-refractivity contribution is 5.02. The summed E-state index contributed by atoms with van der Waals surface area (Å²) in [4.78, 5) is 27.3. The Morgan fingerprint density at radius 2 is 2.00 bits per heavy atom. The number of aromatic amines is 1. The lowest BCUT2D eigenvalue weighted by molar-refractivity contribution is -0.258. The number of aromatic nitrogens is 2. The van der Waals surface area contributed by atoms with Crippen LogP contribution >= 0.6 is 0 Å². The number of aliphatic hydroxyl groups is 3. The van der Waals surface area contributed by atoms with Gasteiger partial charge in [0.25, 0.3) is 5.56 Å². The van der Waals surface area contributed by atoms with Crippen molar-refractivity contribution >= 4 is 0 Å². The van der Waals surface area contributed by atoms with E-state index in [4.69, 9.17) is 9.47 Å². The quantitative estimate of drug-likeness (QED) is 0.450. The van der Waals surface area contributed by atoms with Crippen LogP contribution in [0.25, 0.3) is 0 Å². The van der Waals surface area contributed by atoms with Gasteiger partial charge in [0.2, 0.25) is 5.85 Å². The molecule has 0 aromatic carbocycles. The van der Waals surface area contributed by atoms with E-state index >= 15 is 0 Å². The maximum atomic E-state index is 12.2. The summed E-state index contributed by atoms with van der Waals surface area (Å²) in [6.07, 6.45) is -2.75. The van der Waals surface area contributed by atoms with Gasteiger partial charge in [-0.2, -0.15) is 0 Å². The predicted molar refractivity (Wildman–Crippen MR) is 75.7 cm³/mol. The van der Waals surface area contributed by atoms with Crippen molar-refractivity contribution in [3.63, 3.8) is 0 Å². The van der Waals surface area contributed by atoms with E-state index in [1.807, 2.05) is 0 Å². The molecule has 128 valence electrons. The summed E-state index contributed by atoms with van der Waals surface area (Å²) in [6, 6.07) is 1.12. The zero-order valence-corrected chi connectivity index (χ0v) is 12.3. The Hall–Kier alpha value is -1.56. The maximum Gasteiger partial charge on any atom is 0.331 e. The number of nitrogens with one attached hydrogen (secondary N) is 1. The largest absolute Gasteiger partial charge is 0.394 e. The minimum absolute atomic E-state index is 0.341. The molecule has 4 N–H and O–H groups in total. The second-order valence-electron chi connectivity index (χ2n) is 5.51. The summed E-state index contributed by atoms with van der Waals surface area (Å²) < 4.78 is 12.0. The van der Waals surface area contributed by atoms with Crippen molar-refractivity contribution < 1.29 is 24.8 Å². The Labute approximate surface area is 130 Å². The van der Waals surface area contributed by atoms with Crippen LogP contribution < -0.4 is 11.2 Å². The van der Waals surface area contributed by atoms with Crippen LogP contribution in [0.3, 0.4) is 0 Å². The van der Waals surface area contributed by atoms with Crippen LogP contribution in [0, 0.1) is 0 Å². The van der Waals surface area contributed by atoms with Crippen LogP contribution in [0.1, 0.15) is 0 Å². The van der Waals surface area contributed by atoms with E-state index in [9.17, 15) is 24.9 Å². The molecular formula is C13H19N3O7. The van der Waals surface area contributed by atoms with Gasteiger partial charge in [-0.3, -0.25) is 19.2 Å². The van der Waals surface area contributed by atoms with Gasteiger partial charge in [0.05, 0.1) is 19.8 Å². The van der Waals surface area contributed by atoms with Gasteiger partial charge in [-0.25, -0.2) is 4.79 Å².